The average molecular weight is 324 g/mol. The van der Waals surface area contributed by atoms with Gasteiger partial charge in [-0.3, -0.25) is 14.6 Å². The van der Waals surface area contributed by atoms with Gasteiger partial charge in [0.05, 0.1) is 17.3 Å². The molecular weight excluding hydrogens is 304 g/mol. The highest BCUT2D eigenvalue weighted by Crippen LogP contribution is 2.46. The normalized spacial score (nSPS) is 26.5. The lowest BCUT2D eigenvalue weighted by molar-refractivity contribution is -0.126. The number of anilines is 1. The van der Waals surface area contributed by atoms with Crippen molar-refractivity contribution in [3.63, 3.8) is 0 Å². The summed E-state index contributed by atoms with van der Waals surface area (Å²) >= 11 is 0. The largest absolute Gasteiger partial charge is 0.357 e. The summed E-state index contributed by atoms with van der Waals surface area (Å²) in [5, 5.41) is 0. The molecule has 4 rings (SSSR count). The number of aromatic amines is 1. The zero-order valence-corrected chi connectivity index (χ0v) is 13.6. The van der Waals surface area contributed by atoms with E-state index in [4.69, 9.17) is 0 Å². The van der Waals surface area contributed by atoms with Crippen LogP contribution in [0.15, 0.2) is 42.9 Å². The molecule has 2 aromatic heterocycles. The molecule has 0 bridgehead atoms. The monoisotopic (exact) mass is 324 g/mol. The molecule has 2 amide bonds. The van der Waals surface area contributed by atoms with E-state index in [0.29, 0.717) is 25.3 Å². The van der Waals surface area contributed by atoms with Gasteiger partial charge in [0.1, 0.15) is 5.69 Å². The zero-order chi connectivity index (χ0) is 16.7. The number of H-pyrrole nitrogens is 1. The van der Waals surface area contributed by atoms with Gasteiger partial charge in [-0.1, -0.05) is 6.92 Å². The number of carbonyl (C=O) groups is 2. The highest BCUT2D eigenvalue weighted by molar-refractivity contribution is 6.01. The van der Waals surface area contributed by atoms with E-state index in [1.165, 1.54) is 0 Å². The first-order chi connectivity index (χ1) is 11.6. The number of pyridine rings is 1. The predicted octanol–water partition coefficient (Wildman–Crippen LogP) is 1.92. The SMILES string of the molecule is C[C@@H]1CN(C(=O)c2ccc[nH]2)C[C@]12CCN(c1cccnc1)C2=O. The van der Waals surface area contributed by atoms with Crippen LogP contribution in [0.25, 0.3) is 0 Å². The molecule has 124 valence electrons. The number of carbonyl (C=O) groups excluding carboxylic acids is 2. The number of aromatic nitrogens is 2. The first-order valence-electron chi connectivity index (χ1n) is 8.26. The van der Waals surface area contributed by atoms with E-state index in [-0.39, 0.29) is 17.7 Å². The van der Waals surface area contributed by atoms with E-state index in [9.17, 15) is 9.59 Å². The van der Waals surface area contributed by atoms with Crippen molar-refractivity contribution in [2.75, 3.05) is 24.5 Å². The fourth-order valence-corrected chi connectivity index (χ4v) is 4.01. The van der Waals surface area contributed by atoms with E-state index in [0.717, 1.165) is 12.1 Å². The molecule has 0 saturated carbocycles. The number of hydrogen-bond acceptors (Lipinski definition) is 3. The Morgan fingerprint density at radius 1 is 1.38 bits per heavy atom. The topological polar surface area (TPSA) is 69.3 Å². The maximum absolute atomic E-state index is 13.1. The fraction of sp³-hybridized carbons (Fsp3) is 0.389. The molecule has 2 fully saturated rings. The van der Waals surface area contributed by atoms with Crippen LogP contribution in [0, 0.1) is 11.3 Å². The van der Waals surface area contributed by atoms with E-state index in [2.05, 4.69) is 16.9 Å². The number of hydrogen-bond donors (Lipinski definition) is 1. The summed E-state index contributed by atoms with van der Waals surface area (Å²) in [5.41, 5.74) is 0.937. The van der Waals surface area contributed by atoms with Gasteiger partial charge >= 0.3 is 0 Å². The third-order valence-corrected chi connectivity index (χ3v) is 5.44. The summed E-state index contributed by atoms with van der Waals surface area (Å²) in [6.07, 6.45) is 5.94. The number of rotatable bonds is 2. The molecule has 2 aromatic rings. The molecule has 2 saturated heterocycles. The first kappa shape index (κ1) is 14.9. The van der Waals surface area contributed by atoms with Gasteiger partial charge in [-0.25, -0.2) is 0 Å². The van der Waals surface area contributed by atoms with Crippen molar-refractivity contribution in [1.82, 2.24) is 14.9 Å². The maximum Gasteiger partial charge on any atom is 0.270 e. The number of nitrogens with zero attached hydrogens (tertiary/aromatic N) is 3. The Hall–Kier alpha value is -2.63. The summed E-state index contributed by atoms with van der Waals surface area (Å²) in [6, 6.07) is 7.34. The van der Waals surface area contributed by atoms with Crippen LogP contribution in [0.1, 0.15) is 23.8 Å². The highest BCUT2D eigenvalue weighted by Gasteiger charge is 2.56. The lowest BCUT2D eigenvalue weighted by atomic mass is 9.78. The van der Waals surface area contributed by atoms with E-state index in [1.54, 1.807) is 29.6 Å². The summed E-state index contributed by atoms with van der Waals surface area (Å²) < 4.78 is 0. The van der Waals surface area contributed by atoms with Crippen LogP contribution >= 0.6 is 0 Å². The second-order valence-electron chi connectivity index (χ2n) is 6.74. The Morgan fingerprint density at radius 3 is 2.96 bits per heavy atom. The van der Waals surface area contributed by atoms with Crippen molar-refractivity contribution in [1.29, 1.82) is 0 Å². The summed E-state index contributed by atoms with van der Waals surface area (Å²) in [7, 11) is 0. The molecular formula is C18H20N4O2. The zero-order valence-electron chi connectivity index (χ0n) is 13.6. The number of nitrogens with one attached hydrogen (secondary N) is 1. The van der Waals surface area contributed by atoms with Crippen molar-refractivity contribution in [3.05, 3.63) is 48.5 Å². The molecule has 6 heteroatoms. The van der Waals surface area contributed by atoms with E-state index < -0.39 is 5.41 Å². The van der Waals surface area contributed by atoms with Crippen LogP contribution in [0.3, 0.4) is 0 Å². The molecule has 0 aromatic carbocycles. The first-order valence-corrected chi connectivity index (χ1v) is 8.26. The third kappa shape index (κ3) is 2.13. The van der Waals surface area contributed by atoms with Gasteiger partial charge in [-0.05, 0) is 36.6 Å². The van der Waals surface area contributed by atoms with Gasteiger partial charge in [-0.15, -0.1) is 0 Å². The lowest BCUT2D eigenvalue weighted by Gasteiger charge is -2.26. The lowest BCUT2D eigenvalue weighted by Crippen LogP contribution is -2.40. The molecule has 2 aliphatic heterocycles. The molecule has 0 radical (unpaired) electrons. The van der Waals surface area contributed by atoms with Crippen LogP contribution in [0.5, 0.6) is 0 Å². The van der Waals surface area contributed by atoms with Crippen molar-refractivity contribution in [2.24, 2.45) is 11.3 Å². The number of likely N-dealkylation sites (tertiary alicyclic amines) is 1. The standard InChI is InChI=1S/C18H20N4O2/c1-13-11-21(16(23)15-5-3-8-20-15)12-18(13)6-9-22(17(18)24)14-4-2-7-19-10-14/h2-5,7-8,10,13,20H,6,9,11-12H2,1H3/t13-,18-/m1/s1. The van der Waals surface area contributed by atoms with Crippen LogP contribution in [-0.4, -0.2) is 46.3 Å². The Morgan fingerprint density at radius 2 is 2.25 bits per heavy atom. The average Bonchev–Trinajstić information content (AvgIpc) is 3.31. The molecule has 1 N–H and O–H groups in total. The minimum atomic E-state index is -0.474. The van der Waals surface area contributed by atoms with Gasteiger partial charge in [0.15, 0.2) is 0 Å². The number of amides is 2. The third-order valence-electron chi connectivity index (χ3n) is 5.44. The fourth-order valence-electron chi connectivity index (χ4n) is 4.01. The van der Waals surface area contributed by atoms with E-state index >= 15 is 0 Å². The Balaban J connectivity index is 1.58. The van der Waals surface area contributed by atoms with Crippen molar-refractivity contribution in [2.45, 2.75) is 13.3 Å². The maximum atomic E-state index is 13.1. The van der Waals surface area contributed by atoms with Gasteiger partial charge in [0.25, 0.3) is 5.91 Å². The predicted molar refractivity (Wildman–Crippen MR) is 89.5 cm³/mol. The van der Waals surface area contributed by atoms with Gasteiger partial charge in [-0.2, -0.15) is 0 Å². The van der Waals surface area contributed by atoms with Crippen molar-refractivity contribution in [3.8, 4) is 0 Å². The van der Waals surface area contributed by atoms with Crippen LogP contribution in [0.2, 0.25) is 0 Å². The summed E-state index contributed by atoms with van der Waals surface area (Å²) in [5.74, 6) is 0.228. The Labute approximate surface area is 140 Å². The van der Waals surface area contributed by atoms with Crippen LogP contribution < -0.4 is 4.90 Å². The van der Waals surface area contributed by atoms with Crippen LogP contribution in [-0.2, 0) is 4.79 Å². The Bertz CT molecular complexity index is 759. The van der Waals surface area contributed by atoms with Gasteiger partial charge in [0.2, 0.25) is 5.91 Å². The minimum absolute atomic E-state index is 0.0312. The summed E-state index contributed by atoms with van der Waals surface area (Å²) in [6.45, 7) is 3.86. The molecule has 2 atom stereocenters. The van der Waals surface area contributed by atoms with Crippen molar-refractivity contribution >= 4 is 17.5 Å². The minimum Gasteiger partial charge on any atom is -0.357 e. The molecule has 1 spiro atoms. The smallest absolute Gasteiger partial charge is 0.270 e. The summed E-state index contributed by atoms with van der Waals surface area (Å²) in [4.78, 5) is 36.4. The molecule has 0 unspecified atom stereocenters. The highest BCUT2D eigenvalue weighted by atomic mass is 16.2. The Kier molecular flexibility index (Phi) is 3.40. The molecule has 2 aliphatic rings. The second kappa shape index (κ2) is 5.47. The van der Waals surface area contributed by atoms with Crippen molar-refractivity contribution < 1.29 is 9.59 Å². The van der Waals surface area contributed by atoms with Crippen LogP contribution in [0.4, 0.5) is 5.69 Å². The molecule has 0 aliphatic carbocycles. The molecule has 6 nitrogen and oxygen atoms in total. The van der Waals surface area contributed by atoms with E-state index in [1.807, 2.05) is 23.1 Å². The quantitative estimate of drug-likeness (QED) is 0.917. The molecule has 4 heterocycles. The molecule has 24 heavy (non-hydrogen) atoms. The van der Waals surface area contributed by atoms with Gasteiger partial charge in [0, 0.05) is 32.0 Å². The second-order valence-corrected chi connectivity index (χ2v) is 6.74. The van der Waals surface area contributed by atoms with Gasteiger partial charge < -0.3 is 14.8 Å².